The number of anilines is 1. The van der Waals surface area contributed by atoms with Gasteiger partial charge in [-0.05, 0) is 68.4 Å². The molecule has 0 saturated carbocycles. The van der Waals surface area contributed by atoms with E-state index in [2.05, 4.69) is 14.5 Å². The van der Waals surface area contributed by atoms with E-state index in [1.165, 1.54) is 39.3 Å². The quantitative estimate of drug-likeness (QED) is 0.0722. The van der Waals surface area contributed by atoms with Crippen molar-refractivity contribution in [3.63, 3.8) is 0 Å². The number of nitrogens with two attached hydrogens (primary N) is 1. The molecule has 16 nitrogen and oxygen atoms in total. The highest BCUT2D eigenvalue weighted by atomic mass is 16.6. The molecule has 4 aromatic rings. The maximum atomic E-state index is 11.3. The summed E-state index contributed by atoms with van der Waals surface area (Å²) in [5.74, 6) is -2.19. The number of aliphatic hydroxyl groups is 1. The van der Waals surface area contributed by atoms with Crippen LogP contribution in [0.2, 0.25) is 0 Å². The molecule has 0 aliphatic heterocycles. The smallest absolute Gasteiger partial charge is 0.337 e. The summed E-state index contributed by atoms with van der Waals surface area (Å²) in [6.45, 7) is 2.73. The number of aryl methyl sites for hydroxylation is 1. The van der Waals surface area contributed by atoms with Gasteiger partial charge in [0.1, 0.15) is 12.4 Å². The summed E-state index contributed by atoms with van der Waals surface area (Å²) in [4.78, 5) is 77.0. The van der Waals surface area contributed by atoms with Crippen molar-refractivity contribution < 1.29 is 58.5 Å². The van der Waals surface area contributed by atoms with Gasteiger partial charge in [0.05, 0.1) is 52.6 Å². The van der Waals surface area contributed by atoms with Crippen LogP contribution < -0.4 is 5.73 Å². The normalized spacial score (nSPS) is 9.52. The van der Waals surface area contributed by atoms with Crippen LogP contribution in [0.3, 0.4) is 0 Å². The number of rotatable bonds is 7. The maximum Gasteiger partial charge on any atom is 0.337 e. The van der Waals surface area contributed by atoms with Crippen molar-refractivity contribution in [2.45, 2.75) is 13.8 Å². The number of Topliss-reactive ketones (excluding diaryl/α,β-unsaturated/α-hetero) is 1. The number of ether oxygens (including phenoxy) is 2. The highest BCUT2D eigenvalue weighted by Crippen LogP contribution is 2.22. The molecule has 0 amide bonds. The molecule has 0 aliphatic carbocycles. The fraction of sp³-hybridized carbons (Fsp3) is 0.156. The van der Waals surface area contributed by atoms with Gasteiger partial charge in [-0.15, -0.1) is 0 Å². The van der Waals surface area contributed by atoms with E-state index in [0.717, 1.165) is 23.7 Å². The van der Waals surface area contributed by atoms with Crippen molar-refractivity contribution in [1.29, 1.82) is 0 Å². The Labute approximate surface area is 272 Å². The van der Waals surface area contributed by atoms with Crippen LogP contribution in [0, 0.1) is 17.0 Å². The molecule has 0 radical (unpaired) electrons. The van der Waals surface area contributed by atoms with Gasteiger partial charge in [-0.3, -0.25) is 24.5 Å². The van der Waals surface area contributed by atoms with Gasteiger partial charge in [-0.1, -0.05) is 0 Å². The highest BCUT2D eigenvalue weighted by Gasteiger charge is 2.15. The minimum atomic E-state index is -1.23. The first-order valence-corrected chi connectivity index (χ1v) is 13.3. The first-order valence-electron chi connectivity index (χ1n) is 13.3. The predicted molar refractivity (Wildman–Crippen MR) is 170 cm³/mol. The van der Waals surface area contributed by atoms with E-state index in [1.54, 1.807) is 31.2 Å². The largest absolute Gasteiger partial charge is 0.506 e. The number of aldehydes is 2. The van der Waals surface area contributed by atoms with Gasteiger partial charge in [-0.25, -0.2) is 19.4 Å². The molecule has 0 atom stereocenters. The molecule has 0 saturated heterocycles. The monoisotopic (exact) mass is 665 g/mol. The van der Waals surface area contributed by atoms with E-state index in [4.69, 9.17) is 15.9 Å². The molecule has 0 aliphatic rings. The minimum Gasteiger partial charge on any atom is -0.506 e. The average molecular weight is 666 g/mol. The molecule has 0 spiro atoms. The third-order valence-corrected chi connectivity index (χ3v) is 5.86. The first-order chi connectivity index (χ1) is 22.6. The van der Waals surface area contributed by atoms with Crippen molar-refractivity contribution in [2.75, 3.05) is 26.6 Å². The summed E-state index contributed by atoms with van der Waals surface area (Å²) in [6.07, 6.45) is 0.854. The third kappa shape index (κ3) is 11.8. The van der Waals surface area contributed by atoms with Crippen LogP contribution in [0.25, 0.3) is 10.9 Å². The number of fused-ring (bicyclic) bond motifs is 1. The topological polar surface area (TPSA) is 264 Å². The number of carbonyl (C=O) groups excluding carboxylic acids is 5. The number of aliphatic hydroxyl groups excluding tert-OH is 1. The van der Waals surface area contributed by atoms with Gasteiger partial charge in [-0.2, -0.15) is 0 Å². The molecular formula is C32H31N3O13. The Bertz CT molecular complexity index is 1840. The average Bonchev–Trinajstić information content (AvgIpc) is 3.08. The number of aromatic hydroxyl groups is 1. The van der Waals surface area contributed by atoms with E-state index in [9.17, 15) is 44.0 Å². The predicted octanol–water partition coefficient (Wildman–Crippen LogP) is 3.58. The molecule has 4 rings (SSSR count). The Balaban J connectivity index is 0.000000338. The number of ketones is 1. The lowest BCUT2D eigenvalue weighted by Crippen LogP contribution is -2.03. The molecule has 3 aromatic carbocycles. The van der Waals surface area contributed by atoms with Gasteiger partial charge in [0.2, 0.25) is 0 Å². The molecule has 1 aromatic heterocycles. The van der Waals surface area contributed by atoms with Crippen molar-refractivity contribution in [2.24, 2.45) is 0 Å². The molecular weight excluding hydrogens is 634 g/mol. The summed E-state index contributed by atoms with van der Waals surface area (Å²) in [5.41, 5.74) is 7.38. The Morgan fingerprint density at radius 3 is 1.85 bits per heavy atom. The lowest BCUT2D eigenvalue weighted by Gasteiger charge is -2.04. The van der Waals surface area contributed by atoms with Gasteiger partial charge < -0.3 is 30.5 Å². The van der Waals surface area contributed by atoms with Gasteiger partial charge in [0.15, 0.2) is 18.4 Å². The molecule has 5 N–H and O–H groups in total. The Morgan fingerprint density at radius 2 is 1.38 bits per heavy atom. The highest BCUT2D eigenvalue weighted by molar-refractivity contribution is 5.95. The van der Waals surface area contributed by atoms with Crippen molar-refractivity contribution in [1.82, 2.24) is 4.98 Å². The number of carboxylic acids is 1. The Kier molecular flexibility index (Phi) is 15.7. The molecule has 1 heterocycles. The minimum absolute atomic E-state index is 0.120. The van der Waals surface area contributed by atoms with E-state index in [0.29, 0.717) is 39.7 Å². The maximum absolute atomic E-state index is 11.3. The second-order valence-corrected chi connectivity index (χ2v) is 9.26. The van der Waals surface area contributed by atoms with E-state index < -0.39 is 28.5 Å². The lowest BCUT2D eigenvalue weighted by molar-refractivity contribution is -0.385. The number of hydrogen-bond acceptors (Lipinski definition) is 14. The molecule has 252 valence electrons. The number of hydrogen-bond donors (Lipinski definition) is 4. The molecule has 48 heavy (non-hydrogen) atoms. The number of carbonyl (C=O) groups is 6. The number of aromatic carboxylic acids is 1. The Hall–Kier alpha value is -6.55. The van der Waals surface area contributed by atoms with Gasteiger partial charge in [0, 0.05) is 22.7 Å². The Morgan fingerprint density at radius 1 is 0.875 bits per heavy atom. The molecule has 0 fully saturated rings. The van der Waals surface area contributed by atoms with Crippen LogP contribution in [-0.2, 0) is 14.3 Å². The fourth-order valence-electron chi connectivity index (χ4n) is 3.38. The summed E-state index contributed by atoms with van der Waals surface area (Å²) < 4.78 is 9.10. The number of esters is 2. The summed E-state index contributed by atoms with van der Waals surface area (Å²) >= 11 is 0. The fourth-order valence-corrected chi connectivity index (χ4v) is 3.38. The van der Waals surface area contributed by atoms with Crippen LogP contribution in [0.15, 0.2) is 60.7 Å². The van der Waals surface area contributed by atoms with Gasteiger partial charge >= 0.3 is 17.9 Å². The SMILES string of the molecule is CC(=O)CO.COC(=O)c1ccc(N)c(C=O)c1.COC(=O)c1ccc2nc(C)c(O)cc2c1.O=Cc1cc(C(=O)O)ccc1[N+](=O)[O-]. The number of pyridine rings is 1. The van der Waals surface area contributed by atoms with Crippen LogP contribution in [-0.4, -0.2) is 82.3 Å². The summed E-state index contributed by atoms with van der Waals surface area (Å²) in [6, 6.07) is 14.1. The third-order valence-electron chi connectivity index (χ3n) is 5.86. The zero-order valence-corrected chi connectivity index (χ0v) is 26.0. The second kappa shape index (κ2) is 19.1. The van der Waals surface area contributed by atoms with E-state index >= 15 is 0 Å². The number of nitro benzene ring substituents is 1. The number of methoxy groups -OCH3 is 2. The van der Waals surface area contributed by atoms with Crippen LogP contribution in [0.4, 0.5) is 11.4 Å². The summed E-state index contributed by atoms with van der Waals surface area (Å²) in [7, 11) is 2.61. The van der Waals surface area contributed by atoms with Crippen molar-refractivity contribution in [3.05, 3.63) is 104 Å². The second-order valence-electron chi connectivity index (χ2n) is 9.26. The van der Waals surface area contributed by atoms with Crippen LogP contribution >= 0.6 is 0 Å². The van der Waals surface area contributed by atoms with E-state index in [1.807, 2.05) is 0 Å². The van der Waals surface area contributed by atoms with Crippen LogP contribution in [0.1, 0.15) is 64.4 Å². The van der Waals surface area contributed by atoms with Crippen molar-refractivity contribution in [3.8, 4) is 5.75 Å². The number of aromatic nitrogens is 1. The number of nitrogen functional groups attached to an aromatic ring is 1. The number of benzene rings is 3. The van der Waals surface area contributed by atoms with Gasteiger partial charge in [0.25, 0.3) is 5.69 Å². The lowest BCUT2D eigenvalue weighted by atomic mass is 10.1. The standard InChI is InChI=1S/C12H11NO3.C9H9NO3.C8H5NO5.C3H6O2/c1-7-11(14)6-9-5-8(12(15)16-2)3-4-10(9)13-7;1-13-9(12)6-2-3-8(10)7(4-6)5-11;10-4-6-3-5(8(11)12)1-2-7(6)9(13)14;1-3(5)2-4/h3-6,14H,1-2H3;2-5H,10H2,1H3;1-4H,(H,11,12);4H,2H2,1H3. The number of nitrogens with zero attached hydrogens (tertiary/aromatic N) is 2. The van der Waals surface area contributed by atoms with Crippen LogP contribution in [0.5, 0.6) is 5.75 Å². The number of carboxylic acid groups (broad SMARTS) is 1. The summed E-state index contributed by atoms with van der Waals surface area (Å²) in [5, 5.41) is 36.9. The van der Waals surface area contributed by atoms with E-state index in [-0.39, 0.29) is 35.6 Å². The van der Waals surface area contributed by atoms with Crippen molar-refractivity contribution >= 4 is 58.5 Å². The first kappa shape index (κ1) is 39.5. The number of nitro groups is 1. The molecule has 0 bridgehead atoms. The molecule has 16 heteroatoms. The zero-order valence-electron chi connectivity index (χ0n) is 26.0. The zero-order chi connectivity index (χ0) is 36.6. The molecule has 0 unspecified atom stereocenters.